The van der Waals surface area contributed by atoms with Gasteiger partial charge in [-0.2, -0.15) is 0 Å². The highest BCUT2D eigenvalue weighted by Gasteiger charge is 2.20. The van der Waals surface area contributed by atoms with Crippen LogP contribution < -0.4 is 0 Å². The second-order valence-corrected chi connectivity index (χ2v) is 5.09. The molecule has 0 unspecified atom stereocenters. The summed E-state index contributed by atoms with van der Waals surface area (Å²) in [6.45, 7) is 0. The quantitative estimate of drug-likeness (QED) is 0.577. The van der Waals surface area contributed by atoms with Crippen LogP contribution in [0.25, 0.3) is 12.2 Å². The first-order valence-electron chi connectivity index (χ1n) is 7.11. The van der Waals surface area contributed by atoms with Crippen LogP contribution in [0.3, 0.4) is 0 Å². The highest BCUT2D eigenvalue weighted by atomic mass is 16.4. The van der Waals surface area contributed by atoms with Crippen molar-refractivity contribution in [3.8, 4) is 0 Å². The standard InChI is InChI=1S/C18H12O8/c19-15(20)11-4-2-5-12(16(21)22)10(11)8-7-9-3-1-6-13(17(23)24)14(9)18(25)26/h1-8H,(H,19,20)(H,21,22)(H,23,24)(H,25,26)/b8-7-. The van der Waals surface area contributed by atoms with Gasteiger partial charge in [-0.3, -0.25) is 0 Å². The van der Waals surface area contributed by atoms with Crippen LogP contribution in [0.4, 0.5) is 0 Å². The first kappa shape index (κ1) is 18.4. The monoisotopic (exact) mass is 356 g/mol. The summed E-state index contributed by atoms with van der Waals surface area (Å²) >= 11 is 0. The molecule has 0 heterocycles. The fraction of sp³-hybridized carbons (Fsp3) is 0. The summed E-state index contributed by atoms with van der Waals surface area (Å²) in [5.41, 5.74) is -1.64. The van der Waals surface area contributed by atoms with E-state index >= 15 is 0 Å². The van der Waals surface area contributed by atoms with Gasteiger partial charge in [-0.1, -0.05) is 30.4 Å². The third kappa shape index (κ3) is 3.59. The number of hydrogen-bond acceptors (Lipinski definition) is 4. The molecule has 8 heteroatoms. The van der Waals surface area contributed by atoms with Crippen LogP contribution in [-0.2, 0) is 0 Å². The van der Waals surface area contributed by atoms with Crippen molar-refractivity contribution in [1.29, 1.82) is 0 Å². The van der Waals surface area contributed by atoms with Crippen molar-refractivity contribution in [2.75, 3.05) is 0 Å². The van der Waals surface area contributed by atoms with E-state index in [0.29, 0.717) is 0 Å². The van der Waals surface area contributed by atoms with Crippen LogP contribution in [0.1, 0.15) is 52.6 Å². The van der Waals surface area contributed by atoms with Gasteiger partial charge in [0.2, 0.25) is 0 Å². The van der Waals surface area contributed by atoms with Crippen LogP contribution in [0.5, 0.6) is 0 Å². The molecule has 0 bridgehead atoms. The molecule has 2 aromatic carbocycles. The van der Waals surface area contributed by atoms with Crippen LogP contribution in [0.2, 0.25) is 0 Å². The molecule has 26 heavy (non-hydrogen) atoms. The highest BCUT2D eigenvalue weighted by Crippen LogP contribution is 2.22. The zero-order valence-corrected chi connectivity index (χ0v) is 13.0. The molecule has 0 aliphatic heterocycles. The molecule has 2 rings (SSSR count). The van der Waals surface area contributed by atoms with Crippen molar-refractivity contribution in [2.45, 2.75) is 0 Å². The van der Waals surface area contributed by atoms with E-state index in [9.17, 15) is 34.5 Å². The molecule has 0 aromatic heterocycles. The van der Waals surface area contributed by atoms with Gasteiger partial charge < -0.3 is 20.4 Å². The summed E-state index contributed by atoms with van der Waals surface area (Å²) in [7, 11) is 0. The molecule has 0 fully saturated rings. The third-order valence-electron chi connectivity index (χ3n) is 3.54. The van der Waals surface area contributed by atoms with Crippen molar-refractivity contribution in [1.82, 2.24) is 0 Å². The Bertz CT molecular complexity index is 923. The zero-order chi connectivity index (χ0) is 19.4. The van der Waals surface area contributed by atoms with Gasteiger partial charge in [0.1, 0.15) is 0 Å². The Hall–Kier alpha value is -3.94. The Morgan fingerprint density at radius 3 is 1.54 bits per heavy atom. The number of hydrogen-bond donors (Lipinski definition) is 4. The predicted octanol–water partition coefficient (Wildman–Crippen LogP) is 2.65. The minimum absolute atomic E-state index is 0.00562. The van der Waals surface area contributed by atoms with E-state index in [2.05, 4.69) is 0 Å². The summed E-state index contributed by atoms with van der Waals surface area (Å²) in [5, 5.41) is 36.9. The van der Waals surface area contributed by atoms with E-state index in [1.165, 1.54) is 36.4 Å². The molecule has 0 saturated carbocycles. The lowest BCUT2D eigenvalue weighted by Gasteiger charge is -2.08. The summed E-state index contributed by atoms with van der Waals surface area (Å²) < 4.78 is 0. The van der Waals surface area contributed by atoms with Gasteiger partial charge in [0.15, 0.2) is 0 Å². The van der Waals surface area contributed by atoms with Crippen LogP contribution in [0, 0.1) is 0 Å². The fourth-order valence-corrected chi connectivity index (χ4v) is 2.42. The van der Waals surface area contributed by atoms with Gasteiger partial charge in [-0.05, 0) is 23.8 Å². The second-order valence-electron chi connectivity index (χ2n) is 5.09. The number of carbonyl (C=O) groups is 4. The molecule has 8 nitrogen and oxygen atoms in total. The van der Waals surface area contributed by atoms with Gasteiger partial charge in [0.25, 0.3) is 0 Å². The van der Waals surface area contributed by atoms with Crippen molar-refractivity contribution in [3.05, 3.63) is 69.8 Å². The smallest absolute Gasteiger partial charge is 0.337 e. The first-order valence-corrected chi connectivity index (χ1v) is 7.11. The lowest BCUT2D eigenvalue weighted by molar-refractivity contribution is 0.0651. The average Bonchev–Trinajstić information content (AvgIpc) is 2.58. The molecule has 132 valence electrons. The van der Waals surface area contributed by atoms with Crippen LogP contribution in [-0.4, -0.2) is 44.3 Å². The SMILES string of the molecule is O=C(O)c1cccc(C(=O)O)c1/C=C\c1cccc(C(=O)O)c1C(=O)O. The van der Waals surface area contributed by atoms with E-state index < -0.39 is 35.0 Å². The molecule has 0 aliphatic carbocycles. The number of carboxylic acid groups (broad SMARTS) is 4. The summed E-state index contributed by atoms with van der Waals surface area (Å²) in [6, 6.07) is 7.47. The molecule has 0 saturated heterocycles. The predicted molar refractivity (Wildman–Crippen MR) is 89.6 cm³/mol. The largest absolute Gasteiger partial charge is 0.478 e. The van der Waals surface area contributed by atoms with Gasteiger partial charge in [-0.25, -0.2) is 19.2 Å². The molecule has 0 spiro atoms. The second kappa shape index (κ2) is 7.31. The number of carboxylic acids is 4. The maximum Gasteiger partial charge on any atom is 0.337 e. The molecular formula is C18H12O8. The Labute approximate surface area is 146 Å². The number of benzene rings is 2. The lowest BCUT2D eigenvalue weighted by Crippen LogP contribution is -2.10. The van der Waals surface area contributed by atoms with E-state index in [4.69, 9.17) is 5.11 Å². The first-order chi connectivity index (χ1) is 12.2. The molecule has 0 atom stereocenters. The lowest BCUT2D eigenvalue weighted by atomic mass is 9.97. The van der Waals surface area contributed by atoms with Crippen LogP contribution in [0.15, 0.2) is 36.4 Å². The van der Waals surface area contributed by atoms with E-state index in [1.807, 2.05) is 0 Å². The molecule has 0 amide bonds. The average molecular weight is 356 g/mol. The van der Waals surface area contributed by atoms with E-state index in [-0.39, 0.29) is 22.3 Å². The Morgan fingerprint density at radius 1 is 0.615 bits per heavy atom. The number of rotatable bonds is 6. The van der Waals surface area contributed by atoms with E-state index in [0.717, 1.165) is 12.1 Å². The zero-order valence-electron chi connectivity index (χ0n) is 13.0. The maximum atomic E-state index is 11.4. The highest BCUT2D eigenvalue weighted by molar-refractivity contribution is 6.06. The van der Waals surface area contributed by atoms with Gasteiger partial charge in [-0.15, -0.1) is 0 Å². The minimum Gasteiger partial charge on any atom is -0.478 e. The molecule has 4 N–H and O–H groups in total. The van der Waals surface area contributed by atoms with E-state index in [1.54, 1.807) is 0 Å². The third-order valence-corrected chi connectivity index (χ3v) is 3.54. The van der Waals surface area contributed by atoms with Gasteiger partial charge in [0.05, 0.1) is 22.3 Å². The molecular weight excluding hydrogens is 344 g/mol. The summed E-state index contributed by atoms with van der Waals surface area (Å²) in [5.74, 6) is -5.63. The Morgan fingerprint density at radius 2 is 1.08 bits per heavy atom. The normalized spacial score (nSPS) is 10.6. The summed E-state index contributed by atoms with van der Waals surface area (Å²) in [4.78, 5) is 45.3. The topological polar surface area (TPSA) is 149 Å². The van der Waals surface area contributed by atoms with Crippen LogP contribution >= 0.6 is 0 Å². The van der Waals surface area contributed by atoms with Crippen molar-refractivity contribution >= 4 is 36.0 Å². The molecule has 0 radical (unpaired) electrons. The molecule has 2 aromatic rings. The summed E-state index contributed by atoms with van der Waals surface area (Å²) in [6.07, 6.45) is 2.31. The molecule has 0 aliphatic rings. The van der Waals surface area contributed by atoms with Crippen molar-refractivity contribution in [3.63, 3.8) is 0 Å². The van der Waals surface area contributed by atoms with Gasteiger partial charge in [0, 0.05) is 5.56 Å². The van der Waals surface area contributed by atoms with Crippen molar-refractivity contribution < 1.29 is 39.6 Å². The fourth-order valence-electron chi connectivity index (χ4n) is 2.42. The van der Waals surface area contributed by atoms with Crippen molar-refractivity contribution in [2.24, 2.45) is 0 Å². The Balaban J connectivity index is 2.67. The maximum absolute atomic E-state index is 11.4. The number of aromatic carboxylic acids is 4. The minimum atomic E-state index is -1.48. The Kier molecular flexibility index (Phi) is 5.17. The van der Waals surface area contributed by atoms with Gasteiger partial charge >= 0.3 is 23.9 Å².